The maximum atomic E-state index is 12.5. The van der Waals surface area contributed by atoms with Crippen LogP contribution in [0.15, 0.2) is 12.3 Å². The monoisotopic (exact) mass is 307 g/mol. The largest absolute Gasteiger partial charge is 0.382 e. The van der Waals surface area contributed by atoms with E-state index in [1.54, 1.807) is 6.07 Å². The number of nitrogens with zero attached hydrogens (tertiary/aromatic N) is 2. The summed E-state index contributed by atoms with van der Waals surface area (Å²) >= 11 is 5.96. The van der Waals surface area contributed by atoms with Gasteiger partial charge in [-0.15, -0.1) is 0 Å². The Morgan fingerprint density at radius 3 is 2.48 bits per heavy atom. The smallest absolute Gasteiger partial charge is 0.255 e. The number of nitrogen functional groups attached to an aromatic ring is 1. The lowest BCUT2D eigenvalue weighted by atomic mass is 9.68. The number of rotatable bonds is 1. The first kappa shape index (κ1) is 14.6. The number of likely N-dealkylation sites (tertiary alicyclic amines) is 1. The van der Waals surface area contributed by atoms with Crippen LogP contribution in [-0.4, -0.2) is 28.9 Å². The van der Waals surface area contributed by atoms with E-state index in [0.717, 1.165) is 25.9 Å². The summed E-state index contributed by atoms with van der Waals surface area (Å²) in [6.45, 7) is 1.70. The van der Waals surface area contributed by atoms with Crippen molar-refractivity contribution in [3.63, 3.8) is 0 Å². The van der Waals surface area contributed by atoms with Gasteiger partial charge in [0, 0.05) is 19.3 Å². The highest BCUT2D eigenvalue weighted by atomic mass is 35.5. The van der Waals surface area contributed by atoms with Crippen molar-refractivity contribution in [2.24, 2.45) is 5.41 Å². The Bertz CT molecular complexity index is 530. The second-order valence-corrected chi connectivity index (χ2v) is 6.85. The molecule has 4 nitrogen and oxygen atoms in total. The molecule has 0 bridgehead atoms. The van der Waals surface area contributed by atoms with Crippen LogP contribution in [0.5, 0.6) is 0 Å². The van der Waals surface area contributed by atoms with Gasteiger partial charge in [0.2, 0.25) is 0 Å². The molecule has 1 amide bonds. The second-order valence-electron chi connectivity index (χ2n) is 6.44. The van der Waals surface area contributed by atoms with Gasteiger partial charge in [-0.05, 0) is 37.2 Å². The average Bonchev–Trinajstić information content (AvgIpc) is 2.51. The molecule has 0 aromatic carbocycles. The fourth-order valence-electron chi connectivity index (χ4n) is 3.73. The molecule has 0 atom stereocenters. The molecule has 5 heteroatoms. The minimum absolute atomic E-state index is 0.0232. The van der Waals surface area contributed by atoms with Crippen LogP contribution in [0.25, 0.3) is 0 Å². The highest BCUT2D eigenvalue weighted by Gasteiger charge is 2.36. The van der Waals surface area contributed by atoms with Crippen LogP contribution in [0, 0.1) is 5.41 Å². The van der Waals surface area contributed by atoms with Gasteiger partial charge in [-0.1, -0.05) is 30.9 Å². The number of pyridine rings is 1. The van der Waals surface area contributed by atoms with Crippen LogP contribution in [0.4, 0.5) is 5.82 Å². The Morgan fingerprint density at radius 1 is 1.19 bits per heavy atom. The highest BCUT2D eigenvalue weighted by Crippen LogP contribution is 2.44. The quantitative estimate of drug-likeness (QED) is 0.863. The fraction of sp³-hybridized carbons (Fsp3) is 0.625. The first-order valence-corrected chi connectivity index (χ1v) is 8.18. The summed E-state index contributed by atoms with van der Waals surface area (Å²) < 4.78 is 0. The summed E-state index contributed by atoms with van der Waals surface area (Å²) in [4.78, 5) is 18.4. The van der Waals surface area contributed by atoms with E-state index in [1.165, 1.54) is 38.3 Å². The molecule has 21 heavy (non-hydrogen) atoms. The third kappa shape index (κ3) is 3.00. The van der Waals surface area contributed by atoms with E-state index in [0.29, 0.717) is 16.0 Å². The van der Waals surface area contributed by atoms with E-state index in [4.69, 9.17) is 17.3 Å². The van der Waals surface area contributed by atoms with Gasteiger partial charge in [0.15, 0.2) is 0 Å². The van der Waals surface area contributed by atoms with Gasteiger partial charge < -0.3 is 10.6 Å². The van der Waals surface area contributed by atoms with Gasteiger partial charge in [-0.2, -0.15) is 0 Å². The Hall–Kier alpha value is -1.29. The van der Waals surface area contributed by atoms with Crippen molar-refractivity contribution in [2.45, 2.75) is 44.9 Å². The first-order chi connectivity index (χ1) is 10.1. The molecule has 3 rings (SSSR count). The molecule has 2 fully saturated rings. The van der Waals surface area contributed by atoms with E-state index in [-0.39, 0.29) is 11.7 Å². The summed E-state index contributed by atoms with van der Waals surface area (Å²) in [7, 11) is 0. The molecule has 1 aliphatic heterocycles. The molecule has 1 saturated carbocycles. The second kappa shape index (κ2) is 5.84. The number of hydrogen-bond acceptors (Lipinski definition) is 3. The predicted octanol–water partition coefficient (Wildman–Crippen LogP) is 3.50. The lowest BCUT2D eigenvalue weighted by Crippen LogP contribution is -2.43. The van der Waals surface area contributed by atoms with Gasteiger partial charge in [0.25, 0.3) is 5.91 Å². The molecule has 2 N–H and O–H groups in total. The number of anilines is 1. The number of hydrogen-bond donors (Lipinski definition) is 1. The lowest BCUT2D eigenvalue weighted by Gasteiger charge is -2.44. The molecule has 1 spiro atoms. The van der Waals surface area contributed by atoms with E-state index in [9.17, 15) is 4.79 Å². The topological polar surface area (TPSA) is 59.2 Å². The maximum Gasteiger partial charge on any atom is 0.255 e. The summed E-state index contributed by atoms with van der Waals surface area (Å²) in [5.74, 6) is 0.295. The zero-order valence-corrected chi connectivity index (χ0v) is 13.0. The number of amides is 1. The van der Waals surface area contributed by atoms with E-state index in [1.807, 2.05) is 4.90 Å². The van der Waals surface area contributed by atoms with E-state index < -0.39 is 0 Å². The fourth-order valence-corrected chi connectivity index (χ4v) is 3.90. The van der Waals surface area contributed by atoms with Gasteiger partial charge >= 0.3 is 0 Å². The first-order valence-electron chi connectivity index (χ1n) is 7.80. The zero-order chi connectivity index (χ0) is 14.9. The minimum Gasteiger partial charge on any atom is -0.382 e. The van der Waals surface area contributed by atoms with Crippen LogP contribution >= 0.6 is 11.6 Å². The highest BCUT2D eigenvalue weighted by molar-refractivity contribution is 6.33. The van der Waals surface area contributed by atoms with Gasteiger partial charge in [0.1, 0.15) is 5.82 Å². The van der Waals surface area contributed by atoms with Crippen LogP contribution in [-0.2, 0) is 0 Å². The van der Waals surface area contributed by atoms with Gasteiger partial charge in [-0.3, -0.25) is 4.79 Å². The molecular weight excluding hydrogens is 286 g/mol. The number of aromatic nitrogens is 1. The van der Waals surface area contributed by atoms with Crippen LogP contribution in [0.2, 0.25) is 5.02 Å². The average molecular weight is 308 g/mol. The SMILES string of the molecule is Nc1ncc(C(=O)N2CCC3(CCCCC3)CC2)cc1Cl. The summed E-state index contributed by atoms with van der Waals surface area (Å²) in [5, 5.41) is 0.349. The third-order valence-corrected chi connectivity index (χ3v) is 5.44. The molecular formula is C16H22ClN3O. The van der Waals surface area contributed by atoms with E-state index in [2.05, 4.69) is 4.98 Å². The summed E-state index contributed by atoms with van der Waals surface area (Å²) in [6.07, 6.45) is 10.5. The molecule has 2 aliphatic rings. The van der Waals surface area contributed by atoms with Crippen molar-refractivity contribution < 1.29 is 4.79 Å². The molecule has 2 heterocycles. The molecule has 1 saturated heterocycles. The van der Waals surface area contributed by atoms with Crippen molar-refractivity contribution >= 4 is 23.3 Å². The zero-order valence-electron chi connectivity index (χ0n) is 12.3. The van der Waals surface area contributed by atoms with Crippen molar-refractivity contribution in [3.8, 4) is 0 Å². The number of nitrogens with two attached hydrogens (primary N) is 1. The number of piperidine rings is 1. The Labute approximate surface area is 130 Å². The molecule has 1 aromatic heterocycles. The standard InChI is InChI=1S/C16H22ClN3O/c17-13-10-12(11-19-14(13)18)15(21)20-8-6-16(7-9-20)4-2-1-3-5-16/h10-11H,1-9H2,(H2,18,19). The minimum atomic E-state index is 0.0232. The number of carbonyl (C=O) groups excluding carboxylic acids is 1. The van der Waals surface area contributed by atoms with Crippen molar-refractivity contribution in [1.29, 1.82) is 0 Å². The molecule has 114 valence electrons. The summed E-state index contributed by atoms with van der Waals surface area (Å²) in [5.41, 5.74) is 6.63. The Morgan fingerprint density at radius 2 is 1.86 bits per heavy atom. The lowest BCUT2D eigenvalue weighted by molar-refractivity contribution is 0.0471. The maximum absolute atomic E-state index is 12.5. The normalized spacial score (nSPS) is 21.5. The number of halogens is 1. The molecule has 0 unspecified atom stereocenters. The van der Waals surface area contributed by atoms with Crippen LogP contribution < -0.4 is 5.73 Å². The van der Waals surface area contributed by atoms with Crippen molar-refractivity contribution in [2.75, 3.05) is 18.8 Å². The van der Waals surface area contributed by atoms with Crippen LogP contribution in [0.1, 0.15) is 55.3 Å². The van der Waals surface area contributed by atoms with Crippen molar-refractivity contribution in [1.82, 2.24) is 9.88 Å². The van der Waals surface area contributed by atoms with Crippen LogP contribution in [0.3, 0.4) is 0 Å². The molecule has 1 aromatic rings. The Balaban J connectivity index is 1.65. The van der Waals surface area contributed by atoms with E-state index >= 15 is 0 Å². The predicted molar refractivity (Wildman–Crippen MR) is 84.3 cm³/mol. The molecule has 0 radical (unpaired) electrons. The number of carbonyl (C=O) groups is 1. The molecule has 1 aliphatic carbocycles. The Kier molecular flexibility index (Phi) is 4.07. The van der Waals surface area contributed by atoms with Gasteiger partial charge in [-0.25, -0.2) is 4.98 Å². The van der Waals surface area contributed by atoms with Gasteiger partial charge in [0.05, 0.1) is 10.6 Å². The summed E-state index contributed by atoms with van der Waals surface area (Å²) in [6, 6.07) is 1.62. The third-order valence-electron chi connectivity index (χ3n) is 5.14. The van der Waals surface area contributed by atoms with Crippen molar-refractivity contribution in [3.05, 3.63) is 22.8 Å².